The summed E-state index contributed by atoms with van der Waals surface area (Å²) in [5, 5.41) is 0. The molecule has 0 heterocycles. The molecule has 4 heteroatoms. The van der Waals surface area contributed by atoms with E-state index in [1.807, 2.05) is 0 Å². The van der Waals surface area contributed by atoms with Gasteiger partial charge >= 0.3 is 12.3 Å². The Morgan fingerprint density at radius 3 is 1.50 bits per heavy atom. The minimum Gasteiger partial charge on any atom is -0.204 e. The summed E-state index contributed by atoms with van der Waals surface area (Å²) in [6, 6.07) is 0. The number of hydrogen-bond donors (Lipinski definition) is 0. The second kappa shape index (κ2) is 3.62. The molecule has 0 nitrogen and oxygen atoms in total. The maximum atomic E-state index is 12.8. The molecular weight excluding hydrogens is 172 g/mol. The Hall–Kier alpha value is -0.280. The lowest BCUT2D eigenvalue weighted by Gasteiger charge is -2.35. The van der Waals surface area contributed by atoms with Crippen molar-refractivity contribution in [2.45, 2.75) is 46.0 Å². The smallest absolute Gasteiger partial charge is 0.204 e. The Kier molecular flexibility index (Phi) is 3.54. The predicted molar refractivity (Wildman–Crippen MR) is 39.6 cm³/mol. The molecule has 0 fully saturated rings. The third-order valence-electron chi connectivity index (χ3n) is 2.64. The molecule has 12 heavy (non-hydrogen) atoms. The summed E-state index contributed by atoms with van der Waals surface area (Å²) < 4.78 is 49.6. The van der Waals surface area contributed by atoms with Crippen molar-refractivity contribution in [3.63, 3.8) is 0 Å². The van der Waals surface area contributed by atoms with Crippen LogP contribution in [0.25, 0.3) is 0 Å². The van der Waals surface area contributed by atoms with Crippen LogP contribution < -0.4 is 0 Å². The van der Waals surface area contributed by atoms with E-state index >= 15 is 0 Å². The number of halogens is 4. The minimum absolute atomic E-state index is 0.0564. The quantitative estimate of drug-likeness (QED) is 0.587. The molecule has 0 N–H and O–H groups in total. The Balaban J connectivity index is 4.70. The van der Waals surface area contributed by atoms with Crippen LogP contribution in [0.1, 0.15) is 33.6 Å². The van der Waals surface area contributed by atoms with E-state index in [1.54, 1.807) is 0 Å². The van der Waals surface area contributed by atoms with Gasteiger partial charge in [-0.05, 0) is 12.8 Å². The molecule has 0 amide bonds. The molecule has 0 spiro atoms. The highest BCUT2D eigenvalue weighted by atomic mass is 19.3. The molecule has 74 valence electrons. The standard InChI is InChI=1S/C8H14F4/c1-4-7(3,5-2)8(11,12)6(9)10/h6H,4-5H2,1-3H3. The van der Waals surface area contributed by atoms with E-state index in [-0.39, 0.29) is 12.8 Å². The summed E-state index contributed by atoms with van der Waals surface area (Å²) in [5.41, 5.74) is -1.58. The van der Waals surface area contributed by atoms with E-state index < -0.39 is 17.8 Å². The van der Waals surface area contributed by atoms with Crippen LogP contribution in [0.4, 0.5) is 17.6 Å². The third kappa shape index (κ3) is 1.72. The van der Waals surface area contributed by atoms with Crippen molar-refractivity contribution in [3.05, 3.63) is 0 Å². The molecule has 0 aromatic carbocycles. The molecule has 0 saturated heterocycles. The van der Waals surface area contributed by atoms with Crippen LogP contribution in [0.3, 0.4) is 0 Å². The highest BCUT2D eigenvalue weighted by Gasteiger charge is 2.54. The van der Waals surface area contributed by atoms with E-state index in [4.69, 9.17) is 0 Å². The lowest BCUT2D eigenvalue weighted by Crippen LogP contribution is -2.44. The molecule has 0 atom stereocenters. The number of hydrogen-bond acceptors (Lipinski definition) is 0. The Morgan fingerprint density at radius 1 is 1.08 bits per heavy atom. The van der Waals surface area contributed by atoms with E-state index in [9.17, 15) is 17.6 Å². The zero-order valence-corrected chi connectivity index (χ0v) is 7.50. The van der Waals surface area contributed by atoms with Crippen LogP contribution in [-0.2, 0) is 0 Å². The van der Waals surface area contributed by atoms with E-state index in [0.717, 1.165) is 0 Å². The van der Waals surface area contributed by atoms with Crippen molar-refractivity contribution in [1.82, 2.24) is 0 Å². The third-order valence-corrected chi connectivity index (χ3v) is 2.64. The van der Waals surface area contributed by atoms with Crippen molar-refractivity contribution in [2.24, 2.45) is 5.41 Å². The topological polar surface area (TPSA) is 0 Å². The van der Waals surface area contributed by atoms with Gasteiger partial charge < -0.3 is 0 Å². The van der Waals surface area contributed by atoms with Crippen LogP contribution >= 0.6 is 0 Å². The van der Waals surface area contributed by atoms with Gasteiger partial charge in [0.05, 0.1) is 0 Å². The fourth-order valence-electron chi connectivity index (χ4n) is 0.985. The van der Waals surface area contributed by atoms with E-state index in [1.165, 1.54) is 20.8 Å². The van der Waals surface area contributed by atoms with Gasteiger partial charge in [-0.3, -0.25) is 0 Å². The van der Waals surface area contributed by atoms with Crippen molar-refractivity contribution in [1.29, 1.82) is 0 Å². The van der Waals surface area contributed by atoms with Gasteiger partial charge in [-0.15, -0.1) is 0 Å². The van der Waals surface area contributed by atoms with E-state index in [2.05, 4.69) is 0 Å². The summed E-state index contributed by atoms with van der Waals surface area (Å²) in [4.78, 5) is 0. The van der Waals surface area contributed by atoms with E-state index in [0.29, 0.717) is 0 Å². The number of rotatable bonds is 4. The van der Waals surface area contributed by atoms with Crippen molar-refractivity contribution in [2.75, 3.05) is 0 Å². The normalized spacial score (nSPS) is 14.0. The Bertz CT molecular complexity index is 135. The fraction of sp³-hybridized carbons (Fsp3) is 1.00. The van der Waals surface area contributed by atoms with Gasteiger partial charge in [0.15, 0.2) is 0 Å². The SMILES string of the molecule is CCC(C)(CC)C(F)(F)C(F)F. The molecule has 0 saturated carbocycles. The first-order valence-corrected chi connectivity index (χ1v) is 3.97. The molecule has 0 unspecified atom stereocenters. The molecule has 0 aromatic rings. The summed E-state index contributed by atoms with van der Waals surface area (Å²) in [6.07, 6.45) is -3.45. The van der Waals surface area contributed by atoms with Gasteiger partial charge in [-0.1, -0.05) is 20.8 Å². The Labute approximate surface area is 70.0 Å². The first-order valence-electron chi connectivity index (χ1n) is 3.97. The van der Waals surface area contributed by atoms with Gasteiger partial charge in [-0.2, -0.15) is 8.78 Å². The second-order valence-electron chi connectivity index (χ2n) is 3.19. The van der Waals surface area contributed by atoms with Crippen molar-refractivity contribution in [3.8, 4) is 0 Å². The summed E-state index contributed by atoms with van der Waals surface area (Å²) >= 11 is 0. The van der Waals surface area contributed by atoms with Crippen LogP contribution in [0.5, 0.6) is 0 Å². The van der Waals surface area contributed by atoms with Gasteiger partial charge in [0.1, 0.15) is 0 Å². The van der Waals surface area contributed by atoms with Gasteiger partial charge in [-0.25, -0.2) is 8.78 Å². The predicted octanol–water partition coefficient (Wildman–Crippen LogP) is 3.71. The highest BCUT2D eigenvalue weighted by Crippen LogP contribution is 2.45. The van der Waals surface area contributed by atoms with Crippen molar-refractivity contribution >= 4 is 0 Å². The summed E-state index contributed by atoms with van der Waals surface area (Å²) in [7, 11) is 0. The average Bonchev–Trinajstić information content (AvgIpc) is 2.02. The molecular formula is C8H14F4. The van der Waals surface area contributed by atoms with Gasteiger partial charge in [0.2, 0.25) is 0 Å². The van der Waals surface area contributed by atoms with Crippen LogP contribution in [0, 0.1) is 5.41 Å². The monoisotopic (exact) mass is 186 g/mol. The summed E-state index contributed by atoms with van der Waals surface area (Å²) in [5.74, 6) is -3.88. The zero-order valence-electron chi connectivity index (χ0n) is 7.50. The van der Waals surface area contributed by atoms with Crippen LogP contribution in [0.2, 0.25) is 0 Å². The first kappa shape index (κ1) is 11.7. The minimum atomic E-state index is -3.88. The zero-order chi connectivity index (χ0) is 9.99. The molecule has 0 rings (SSSR count). The van der Waals surface area contributed by atoms with Crippen LogP contribution in [0.15, 0.2) is 0 Å². The lowest BCUT2D eigenvalue weighted by atomic mass is 9.78. The second-order valence-corrected chi connectivity index (χ2v) is 3.19. The lowest BCUT2D eigenvalue weighted by molar-refractivity contribution is -0.204. The number of alkyl halides is 4. The van der Waals surface area contributed by atoms with Crippen LogP contribution in [-0.4, -0.2) is 12.3 Å². The maximum Gasteiger partial charge on any atom is 0.312 e. The molecule has 0 aliphatic heterocycles. The van der Waals surface area contributed by atoms with Gasteiger partial charge in [0, 0.05) is 5.41 Å². The fourth-order valence-corrected chi connectivity index (χ4v) is 0.985. The maximum absolute atomic E-state index is 12.8. The first-order chi connectivity index (χ1) is 5.31. The largest absolute Gasteiger partial charge is 0.312 e. The molecule has 0 radical (unpaired) electrons. The molecule has 0 bridgehead atoms. The molecule has 0 aliphatic rings. The summed E-state index contributed by atoms with van der Waals surface area (Å²) in [6.45, 7) is 4.19. The van der Waals surface area contributed by atoms with Gasteiger partial charge in [0.25, 0.3) is 0 Å². The Morgan fingerprint density at radius 2 is 1.42 bits per heavy atom. The average molecular weight is 186 g/mol. The molecule has 0 aliphatic carbocycles. The van der Waals surface area contributed by atoms with Crippen molar-refractivity contribution < 1.29 is 17.6 Å². The molecule has 0 aromatic heterocycles. The highest BCUT2D eigenvalue weighted by molar-refractivity contribution is 4.88.